The van der Waals surface area contributed by atoms with Gasteiger partial charge in [-0.2, -0.15) is 0 Å². The zero-order valence-electron chi connectivity index (χ0n) is 19.0. The van der Waals surface area contributed by atoms with E-state index in [-0.39, 0.29) is 5.75 Å². The summed E-state index contributed by atoms with van der Waals surface area (Å²) >= 11 is 0. The normalized spacial score (nSPS) is 12.4. The molecule has 4 nitrogen and oxygen atoms in total. The van der Waals surface area contributed by atoms with Crippen LogP contribution in [0.5, 0.6) is 0 Å². The molecule has 0 amide bonds. The number of benzene rings is 1. The molecule has 0 saturated carbocycles. The maximum atomic E-state index is 10.8. The van der Waals surface area contributed by atoms with Crippen molar-refractivity contribution in [2.24, 2.45) is 0 Å². The van der Waals surface area contributed by atoms with Crippen LogP contribution < -0.4 is 0 Å². The van der Waals surface area contributed by atoms with Gasteiger partial charge in [-0.25, -0.2) is 8.42 Å². The minimum Gasteiger partial charge on any atom is -0.748 e. The number of quaternary nitrogens is 1. The molecule has 1 rings (SSSR count). The summed E-state index contributed by atoms with van der Waals surface area (Å²) in [5.74, 6) is -0.269. The van der Waals surface area contributed by atoms with Crippen molar-refractivity contribution < 1.29 is 17.5 Å². The van der Waals surface area contributed by atoms with Crippen LogP contribution >= 0.6 is 0 Å². The van der Waals surface area contributed by atoms with E-state index in [2.05, 4.69) is 45.3 Å². The highest BCUT2D eigenvalue weighted by molar-refractivity contribution is 7.85. The number of rotatable bonds is 17. The zero-order chi connectivity index (χ0) is 21.6. The van der Waals surface area contributed by atoms with E-state index in [1.165, 1.54) is 75.3 Å². The number of hydrogen-bond donors (Lipinski definition) is 0. The van der Waals surface area contributed by atoms with Crippen molar-refractivity contribution in [2.45, 2.75) is 90.5 Å². The van der Waals surface area contributed by atoms with Gasteiger partial charge in [0.1, 0.15) is 6.54 Å². The second-order valence-electron chi connectivity index (χ2n) is 9.13. The van der Waals surface area contributed by atoms with Gasteiger partial charge in [-0.05, 0) is 18.4 Å². The first-order chi connectivity index (χ1) is 13.7. The number of aryl methyl sites for hydroxylation is 1. The van der Waals surface area contributed by atoms with E-state index in [1.807, 2.05) is 0 Å². The summed E-state index contributed by atoms with van der Waals surface area (Å²) in [6, 6.07) is 8.61. The molecule has 1 aromatic carbocycles. The van der Waals surface area contributed by atoms with Gasteiger partial charge >= 0.3 is 0 Å². The molecule has 0 unspecified atom stereocenters. The second kappa shape index (κ2) is 14.2. The van der Waals surface area contributed by atoms with Gasteiger partial charge < -0.3 is 9.04 Å². The molecule has 0 aromatic heterocycles. The summed E-state index contributed by atoms with van der Waals surface area (Å²) in [6.45, 7) is 3.82. The summed E-state index contributed by atoms with van der Waals surface area (Å²) in [6.07, 6.45) is 15.0. The van der Waals surface area contributed by atoms with Crippen LogP contribution in [0.25, 0.3) is 0 Å². The maximum absolute atomic E-state index is 10.8. The van der Waals surface area contributed by atoms with Gasteiger partial charge in [-0.3, -0.25) is 0 Å². The summed E-state index contributed by atoms with van der Waals surface area (Å²) in [4.78, 5) is 0. The fraction of sp³-hybridized carbons (Fsp3) is 0.750. The lowest BCUT2D eigenvalue weighted by Crippen LogP contribution is -2.40. The Labute approximate surface area is 180 Å². The summed E-state index contributed by atoms with van der Waals surface area (Å²) in [5, 5.41) is 0. The topological polar surface area (TPSA) is 57.2 Å². The Hall–Kier alpha value is -0.910. The first-order valence-electron chi connectivity index (χ1n) is 11.6. The van der Waals surface area contributed by atoms with Gasteiger partial charge in [0.2, 0.25) is 0 Å². The molecule has 0 N–H and O–H groups in total. The predicted molar refractivity (Wildman–Crippen MR) is 122 cm³/mol. The summed E-state index contributed by atoms with van der Waals surface area (Å²) < 4.78 is 33.2. The van der Waals surface area contributed by atoms with Gasteiger partial charge in [0, 0.05) is 17.7 Å². The number of unbranched alkanes of at least 4 members (excludes halogenated alkanes) is 9. The Kier molecular flexibility index (Phi) is 12.8. The predicted octanol–water partition coefficient (Wildman–Crippen LogP) is 5.66. The molecule has 0 spiro atoms. The highest BCUT2D eigenvalue weighted by Crippen LogP contribution is 2.18. The van der Waals surface area contributed by atoms with Gasteiger partial charge in [0.25, 0.3) is 0 Å². The number of nitrogens with zero attached hydrogens (tertiary/aromatic N) is 1. The molecule has 1 aromatic rings. The second-order valence-corrected chi connectivity index (χ2v) is 10.7. The molecule has 0 saturated heterocycles. The van der Waals surface area contributed by atoms with E-state index >= 15 is 0 Å². The quantitative estimate of drug-likeness (QED) is 0.184. The molecule has 0 atom stereocenters. The van der Waals surface area contributed by atoms with E-state index in [0.29, 0.717) is 17.4 Å². The van der Waals surface area contributed by atoms with Crippen molar-refractivity contribution in [2.75, 3.05) is 26.4 Å². The lowest BCUT2D eigenvalue weighted by molar-refractivity contribution is -0.903. The molecule has 168 valence electrons. The SMILES string of the molecule is CCCCCCCCCCCCc1ccccc1C[N+](C)(C)CCCS(=O)(=O)[O-]. The molecular weight excluding hydrogens is 382 g/mol. The van der Waals surface area contributed by atoms with E-state index in [9.17, 15) is 13.0 Å². The van der Waals surface area contributed by atoms with Crippen molar-refractivity contribution >= 4 is 10.1 Å². The lowest BCUT2D eigenvalue weighted by Gasteiger charge is -2.31. The Balaban J connectivity index is 2.32. The molecule has 0 aliphatic carbocycles. The van der Waals surface area contributed by atoms with Crippen LogP contribution in [0.3, 0.4) is 0 Å². The minimum absolute atomic E-state index is 0.269. The van der Waals surface area contributed by atoms with E-state index < -0.39 is 10.1 Å². The third kappa shape index (κ3) is 13.8. The highest BCUT2D eigenvalue weighted by Gasteiger charge is 2.18. The largest absolute Gasteiger partial charge is 0.748 e. The fourth-order valence-electron chi connectivity index (χ4n) is 3.97. The Bertz CT molecular complexity index is 656. The number of hydrogen-bond acceptors (Lipinski definition) is 3. The van der Waals surface area contributed by atoms with Crippen LogP contribution in [-0.2, 0) is 23.1 Å². The molecule has 0 heterocycles. The monoisotopic (exact) mass is 425 g/mol. The molecular formula is C24H43NO3S. The molecule has 0 aliphatic heterocycles. The molecule has 0 fully saturated rings. The standard InChI is InChI=1S/C24H43NO3S/c1-4-5-6-7-8-9-10-11-12-13-17-23-18-14-15-19-24(23)22-25(2,3)20-16-21-29(26,27)28/h14-15,18-19H,4-13,16-17,20-22H2,1-3H3. The van der Waals surface area contributed by atoms with Crippen molar-refractivity contribution in [3.63, 3.8) is 0 Å². The smallest absolute Gasteiger partial charge is 0.104 e. The van der Waals surface area contributed by atoms with E-state index in [1.54, 1.807) is 0 Å². The first kappa shape index (κ1) is 26.1. The van der Waals surface area contributed by atoms with Crippen molar-refractivity contribution in [3.05, 3.63) is 35.4 Å². The zero-order valence-corrected chi connectivity index (χ0v) is 19.8. The van der Waals surface area contributed by atoms with Crippen LogP contribution in [0.1, 0.15) is 88.7 Å². The Morgan fingerprint density at radius 3 is 1.86 bits per heavy atom. The third-order valence-electron chi connectivity index (χ3n) is 5.67. The van der Waals surface area contributed by atoms with Crippen molar-refractivity contribution in [3.8, 4) is 0 Å². The molecule has 29 heavy (non-hydrogen) atoms. The van der Waals surface area contributed by atoms with Gasteiger partial charge in [0.15, 0.2) is 0 Å². The van der Waals surface area contributed by atoms with Crippen molar-refractivity contribution in [1.29, 1.82) is 0 Å². The molecule has 0 bridgehead atoms. The lowest BCUT2D eigenvalue weighted by atomic mass is 9.99. The van der Waals surface area contributed by atoms with Crippen LogP contribution in [-0.4, -0.2) is 43.8 Å². The Morgan fingerprint density at radius 1 is 0.793 bits per heavy atom. The third-order valence-corrected chi connectivity index (χ3v) is 6.46. The van der Waals surface area contributed by atoms with Crippen molar-refractivity contribution in [1.82, 2.24) is 0 Å². The van der Waals surface area contributed by atoms with Crippen LogP contribution in [0.2, 0.25) is 0 Å². The molecule has 0 radical (unpaired) electrons. The first-order valence-corrected chi connectivity index (χ1v) is 13.1. The van der Waals surface area contributed by atoms with Gasteiger partial charge in [-0.15, -0.1) is 0 Å². The van der Waals surface area contributed by atoms with Gasteiger partial charge in [-0.1, -0.05) is 89.0 Å². The van der Waals surface area contributed by atoms with Crippen LogP contribution in [0, 0.1) is 0 Å². The highest BCUT2D eigenvalue weighted by atomic mass is 32.2. The van der Waals surface area contributed by atoms with Crippen LogP contribution in [0.4, 0.5) is 0 Å². The average molecular weight is 426 g/mol. The van der Waals surface area contributed by atoms with E-state index in [4.69, 9.17) is 0 Å². The maximum Gasteiger partial charge on any atom is 0.104 e. The minimum atomic E-state index is -4.12. The van der Waals surface area contributed by atoms with Gasteiger partial charge in [0.05, 0.1) is 30.8 Å². The Morgan fingerprint density at radius 2 is 1.31 bits per heavy atom. The summed E-state index contributed by atoms with van der Waals surface area (Å²) in [5.41, 5.74) is 2.76. The van der Waals surface area contributed by atoms with Crippen LogP contribution in [0.15, 0.2) is 24.3 Å². The molecule has 5 heteroatoms. The fourth-order valence-corrected chi connectivity index (χ4v) is 4.45. The average Bonchev–Trinajstić information content (AvgIpc) is 2.63. The summed E-state index contributed by atoms with van der Waals surface area (Å²) in [7, 11) is 0.0962. The molecule has 0 aliphatic rings. The van der Waals surface area contributed by atoms with E-state index in [0.717, 1.165) is 13.0 Å².